The Morgan fingerprint density at radius 1 is 1.27 bits per heavy atom. The highest BCUT2D eigenvalue weighted by Gasteiger charge is 1.95. The summed E-state index contributed by atoms with van der Waals surface area (Å²) in [4.78, 5) is 1.15. The van der Waals surface area contributed by atoms with E-state index >= 15 is 0 Å². The van der Waals surface area contributed by atoms with Gasteiger partial charge < -0.3 is 0 Å². The second kappa shape index (κ2) is 6.67. The summed E-state index contributed by atoms with van der Waals surface area (Å²) in [5, 5.41) is 0. The number of halogens is 1. The van der Waals surface area contributed by atoms with Gasteiger partial charge in [0.25, 0.3) is 0 Å². The molecule has 0 spiro atoms. The Kier molecular flexibility index (Phi) is 5.48. The van der Waals surface area contributed by atoms with Crippen LogP contribution in [0.25, 0.3) is 0 Å². The molecular formula is C13H17FS. The molecule has 0 N–H and O–H groups in total. The Morgan fingerprint density at radius 3 is 2.53 bits per heavy atom. The van der Waals surface area contributed by atoms with E-state index in [9.17, 15) is 4.39 Å². The van der Waals surface area contributed by atoms with Gasteiger partial charge in [-0.3, -0.25) is 0 Å². The van der Waals surface area contributed by atoms with Crippen molar-refractivity contribution in [1.29, 1.82) is 0 Å². The van der Waals surface area contributed by atoms with E-state index in [2.05, 4.69) is 13.5 Å². The van der Waals surface area contributed by atoms with Gasteiger partial charge in [0.15, 0.2) is 0 Å². The molecule has 0 unspecified atom stereocenters. The molecule has 0 nitrogen and oxygen atoms in total. The lowest BCUT2D eigenvalue weighted by atomic mass is 10.2. The number of hydrogen-bond acceptors (Lipinski definition) is 1. The average Bonchev–Trinajstić information content (AvgIpc) is 2.20. The van der Waals surface area contributed by atoms with Gasteiger partial charge in [-0.1, -0.05) is 5.57 Å². The standard InChI is InChI=1S/C13H17FS/c1-11(2)5-3-4-10-15-13-8-6-12(14)7-9-13/h6-9H,1,3-5,10H2,2H3. The zero-order valence-electron chi connectivity index (χ0n) is 9.13. The normalized spacial score (nSPS) is 10.3. The van der Waals surface area contributed by atoms with Crippen molar-refractivity contribution in [3.63, 3.8) is 0 Å². The van der Waals surface area contributed by atoms with Gasteiger partial charge in [0.05, 0.1) is 0 Å². The third-order valence-electron chi connectivity index (χ3n) is 2.08. The summed E-state index contributed by atoms with van der Waals surface area (Å²) in [7, 11) is 0. The smallest absolute Gasteiger partial charge is 0.123 e. The van der Waals surface area contributed by atoms with Crippen LogP contribution in [-0.4, -0.2) is 5.75 Å². The SMILES string of the molecule is C=C(C)CCCCSc1ccc(F)cc1. The fourth-order valence-corrected chi connectivity index (χ4v) is 2.16. The lowest BCUT2D eigenvalue weighted by Gasteiger charge is -2.01. The van der Waals surface area contributed by atoms with E-state index in [0.29, 0.717) is 0 Å². The fraction of sp³-hybridized carbons (Fsp3) is 0.385. The van der Waals surface area contributed by atoms with Gasteiger partial charge in [0.1, 0.15) is 5.82 Å². The van der Waals surface area contributed by atoms with Crippen LogP contribution in [0.1, 0.15) is 26.2 Å². The first kappa shape index (κ1) is 12.3. The lowest BCUT2D eigenvalue weighted by Crippen LogP contribution is -1.82. The molecule has 15 heavy (non-hydrogen) atoms. The van der Waals surface area contributed by atoms with E-state index in [1.54, 1.807) is 11.8 Å². The first-order valence-corrected chi connectivity index (χ1v) is 6.20. The Balaban J connectivity index is 2.15. The van der Waals surface area contributed by atoms with Crippen LogP contribution in [0.5, 0.6) is 0 Å². The summed E-state index contributed by atoms with van der Waals surface area (Å²) in [6, 6.07) is 6.68. The first-order valence-electron chi connectivity index (χ1n) is 5.21. The Morgan fingerprint density at radius 2 is 1.93 bits per heavy atom. The average molecular weight is 224 g/mol. The van der Waals surface area contributed by atoms with E-state index in [0.717, 1.165) is 17.1 Å². The van der Waals surface area contributed by atoms with Crippen molar-refractivity contribution in [3.8, 4) is 0 Å². The van der Waals surface area contributed by atoms with Crippen LogP contribution < -0.4 is 0 Å². The molecule has 0 heterocycles. The maximum Gasteiger partial charge on any atom is 0.123 e. The molecule has 0 saturated heterocycles. The van der Waals surface area contributed by atoms with Gasteiger partial charge in [-0.05, 0) is 56.2 Å². The molecule has 0 amide bonds. The summed E-state index contributed by atoms with van der Waals surface area (Å²) in [5.74, 6) is 0.931. The van der Waals surface area contributed by atoms with Crippen LogP contribution >= 0.6 is 11.8 Å². The van der Waals surface area contributed by atoms with Gasteiger partial charge in [-0.15, -0.1) is 18.3 Å². The summed E-state index contributed by atoms with van der Waals surface area (Å²) in [6.07, 6.45) is 3.50. The number of benzene rings is 1. The molecular weight excluding hydrogens is 207 g/mol. The van der Waals surface area contributed by atoms with Crippen molar-refractivity contribution < 1.29 is 4.39 Å². The van der Waals surface area contributed by atoms with Crippen LogP contribution in [0.2, 0.25) is 0 Å². The predicted octanol–water partition coefficient (Wildman–Crippen LogP) is 4.66. The second-order valence-electron chi connectivity index (χ2n) is 3.72. The molecule has 0 aromatic heterocycles. The van der Waals surface area contributed by atoms with Crippen LogP contribution in [0.4, 0.5) is 4.39 Å². The van der Waals surface area contributed by atoms with E-state index in [1.165, 1.54) is 30.5 Å². The van der Waals surface area contributed by atoms with Crippen molar-refractivity contribution in [2.45, 2.75) is 31.1 Å². The molecule has 1 aromatic carbocycles. The highest BCUT2D eigenvalue weighted by Crippen LogP contribution is 2.20. The van der Waals surface area contributed by atoms with Crippen molar-refractivity contribution in [3.05, 3.63) is 42.2 Å². The molecule has 1 rings (SSSR count). The molecule has 0 aliphatic rings. The number of hydrogen-bond donors (Lipinski definition) is 0. The van der Waals surface area contributed by atoms with Crippen molar-refractivity contribution >= 4 is 11.8 Å². The maximum absolute atomic E-state index is 12.6. The maximum atomic E-state index is 12.6. The molecule has 0 atom stereocenters. The quantitative estimate of drug-likeness (QED) is 0.384. The largest absolute Gasteiger partial charge is 0.207 e. The molecule has 2 heteroatoms. The van der Waals surface area contributed by atoms with Gasteiger partial charge in [0.2, 0.25) is 0 Å². The molecule has 82 valence electrons. The highest BCUT2D eigenvalue weighted by atomic mass is 32.2. The third kappa shape index (κ3) is 5.63. The molecule has 0 radical (unpaired) electrons. The molecule has 0 fully saturated rings. The first-order chi connectivity index (χ1) is 7.18. The topological polar surface area (TPSA) is 0 Å². The molecule has 0 aliphatic carbocycles. The number of allylic oxidation sites excluding steroid dienone is 1. The van der Waals surface area contributed by atoms with Crippen LogP contribution in [-0.2, 0) is 0 Å². The van der Waals surface area contributed by atoms with Crippen LogP contribution in [0.15, 0.2) is 41.3 Å². The van der Waals surface area contributed by atoms with Gasteiger partial charge in [-0.25, -0.2) is 4.39 Å². The van der Waals surface area contributed by atoms with Gasteiger partial charge in [-0.2, -0.15) is 0 Å². The third-order valence-corrected chi connectivity index (χ3v) is 3.18. The summed E-state index contributed by atoms with van der Waals surface area (Å²) in [5.41, 5.74) is 1.25. The molecule has 0 aliphatic heterocycles. The highest BCUT2D eigenvalue weighted by molar-refractivity contribution is 7.99. The molecule has 1 aromatic rings. The number of rotatable bonds is 6. The van der Waals surface area contributed by atoms with Crippen molar-refractivity contribution in [1.82, 2.24) is 0 Å². The summed E-state index contributed by atoms with van der Waals surface area (Å²) in [6.45, 7) is 5.93. The zero-order chi connectivity index (χ0) is 11.1. The van der Waals surface area contributed by atoms with Crippen LogP contribution in [0.3, 0.4) is 0 Å². The van der Waals surface area contributed by atoms with E-state index in [1.807, 2.05) is 12.1 Å². The molecule has 0 bridgehead atoms. The van der Waals surface area contributed by atoms with Gasteiger partial charge in [0, 0.05) is 4.90 Å². The molecule has 0 saturated carbocycles. The summed E-state index contributed by atoms with van der Waals surface area (Å²) < 4.78 is 12.6. The Bertz CT molecular complexity index is 303. The minimum atomic E-state index is -0.165. The van der Waals surface area contributed by atoms with Crippen LogP contribution in [0, 0.1) is 5.82 Å². The minimum Gasteiger partial charge on any atom is -0.207 e. The van der Waals surface area contributed by atoms with E-state index in [-0.39, 0.29) is 5.82 Å². The zero-order valence-corrected chi connectivity index (χ0v) is 9.95. The monoisotopic (exact) mass is 224 g/mol. The predicted molar refractivity (Wildman–Crippen MR) is 65.8 cm³/mol. The van der Waals surface area contributed by atoms with Gasteiger partial charge >= 0.3 is 0 Å². The van der Waals surface area contributed by atoms with E-state index < -0.39 is 0 Å². The Labute approximate surface area is 95.6 Å². The number of thioether (sulfide) groups is 1. The second-order valence-corrected chi connectivity index (χ2v) is 4.88. The number of unbranched alkanes of at least 4 members (excludes halogenated alkanes) is 1. The van der Waals surface area contributed by atoms with E-state index in [4.69, 9.17) is 0 Å². The van der Waals surface area contributed by atoms with Crippen molar-refractivity contribution in [2.24, 2.45) is 0 Å². The minimum absolute atomic E-state index is 0.165. The van der Waals surface area contributed by atoms with Crippen molar-refractivity contribution in [2.75, 3.05) is 5.75 Å². The summed E-state index contributed by atoms with van der Waals surface area (Å²) >= 11 is 1.78. The fourth-order valence-electron chi connectivity index (χ4n) is 1.25. The Hall–Kier alpha value is -0.760. The lowest BCUT2D eigenvalue weighted by molar-refractivity contribution is 0.626.